The number of hydrogen-bond donors (Lipinski definition) is 0. The van der Waals surface area contributed by atoms with Gasteiger partial charge in [0.1, 0.15) is 0 Å². The predicted molar refractivity (Wildman–Crippen MR) is 101 cm³/mol. The standard InChI is InChI=1S/C18H22FN3O5S/c1-13(15-4-5-16(19)17(10-15)27-11-14-2-3-14)12-28(25,26)9-8-21-7-6-18(20-21)22(23)24/h4-7,10,13-14H,2-3,8-9,11-12H2,1H3/t13-/m0/s1. The lowest BCUT2D eigenvalue weighted by Crippen LogP contribution is -2.20. The normalized spacial score (nSPS) is 15.4. The van der Waals surface area contributed by atoms with E-state index in [9.17, 15) is 22.9 Å². The molecule has 0 bridgehead atoms. The Morgan fingerprint density at radius 2 is 2.14 bits per heavy atom. The van der Waals surface area contributed by atoms with Gasteiger partial charge in [-0.05, 0) is 47.3 Å². The number of ether oxygens (including phenoxy) is 1. The summed E-state index contributed by atoms with van der Waals surface area (Å²) in [7, 11) is -3.44. The first-order chi connectivity index (χ1) is 13.2. The first kappa shape index (κ1) is 20.2. The van der Waals surface area contributed by atoms with E-state index in [1.54, 1.807) is 19.1 Å². The van der Waals surface area contributed by atoms with Crippen LogP contribution < -0.4 is 4.74 Å². The van der Waals surface area contributed by atoms with Gasteiger partial charge in [-0.25, -0.2) is 12.8 Å². The molecule has 0 amide bonds. The Morgan fingerprint density at radius 3 is 2.79 bits per heavy atom. The molecule has 1 aliphatic rings. The fourth-order valence-electron chi connectivity index (χ4n) is 2.80. The highest BCUT2D eigenvalue weighted by Crippen LogP contribution is 2.31. The molecule has 0 saturated heterocycles. The van der Waals surface area contributed by atoms with Crippen LogP contribution in [0.2, 0.25) is 0 Å². The van der Waals surface area contributed by atoms with Gasteiger partial charge >= 0.3 is 5.82 Å². The second-order valence-corrected chi connectivity index (χ2v) is 9.38. The van der Waals surface area contributed by atoms with Gasteiger partial charge < -0.3 is 14.9 Å². The topological polar surface area (TPSA) is 104 Å². The first-order valence-electron chi connectivity index (χ1n) is 9.04. The van der Waals surface area contributed by atoms with E-state index in [0.29, 0.717) is 18.1 Å². The third-order valence-corrected chi connectivity index (χ3v) is 6.46. The Labute approximate surface area is 162 Å². The lowest BCUT2D eigenvalue weighted by atomic mass is 10.0. The Kier molecular flexibility index (Phi) is 5.97. The van der Waals surface area contributed by atoms with Crippen LogP contribution in [0.1, 0.15) is 31.2 Å². The zero-order valence-corrected chi connectivity index (χ0v) is 16.3. The van der Waals surface area contributed by atoms with Crippen LogP contribution in [0.4, 0.5) is 10.2 Å². The van der Waals surface area contributed by atoms with Crippen molar-refractivity contribution in [2.24, 2.45) is 5.92 Å². The van der Waals surface area contributed by atoms with E-state index in [0.717, 1.165) is 12.8 Å². The Bertz CT molecular complexity index is 956. The van der Waals surface area contributed by atoms with Crippen molar-refractivity contribution in [2.45, 2.75) is 32.2 Å². The molecular weight excluding hydrogens is 389 g/mol. The molecule has 0 aliphatic heterocycles. The second-order valence-electron chi connectivity index (χ2n) is 7.15. The maximum atomic E-state index is 13.9. The lowest BCUT2D eigenvalue weighted by molar-refractivity contribution is -0.389. The molecule has 1 aromatic heterocycles. The van der Waals surface area contributed by atoms with E-state index in [1.165, 1.54) is 23.0 Å². The van der Waals surface area contributed by atoms with Crippen LogP contribution >= 0.6 is 0 Å². The molecular formula is C18H22FN3O5S. The van der Waals surface area contributed by atoms with Gasteiger partial charge in [0.2, 0.25) is 0 Å². The molecule has 1 fully saturated rings. The highest BCUT2D eigenvalue weighted by Gasteiger charge is 2.23. The minimum atomic E-state index is -3.44. The maximum Gasteiger partial charge on any atom is 0.389 e. The van der Waals surface area contributed by atoms with Gasteiger partial charge in [-0.1, -0.05) is 13.0 Å². The molecule has 1 aliphatic carbocycles. The number of nitrogens with zero attached hydrogens (tertiary/aromatic N) is 3. The minimum absolute atomic E-state index is 0.0298. The van der Waals surface area contributed by atoms with Gasteiger partial charge in [0, 0.05) is 0 Å². The van der Waals surface area contributed by atoms with Crippen molar-refractivity contribution in [3.8, 4) is 5.75 Å². The molecule has 0 unspecified atom stereocenters. The fraction of sp³-hybridized carbons (Fsp3) is 0.500. The van der Waals surface area contributed by atoms with Gasteiger partial charge in [0.05, 0.1) is 42.0 Å². The molecule has 3 rings (SSSR count). The van der Waals surface area contributed by atoms with Gasteiger partial charge in [-0.15, -0.1) is 0 Å². The molecule has 0 radical (unpaired) electrons. The lowest BCUT2D eigenvalue weighted by Gasteiger charge is -2.14. The molecule has 28 heavy (non-hydrogen) atoms. The van der Waals surface area contributed by atoms with Gasteiger partial charge in [0.25, 0.3) is 0 Å². The van der Waals surface area contributed by atoms with Gasteiger partial charge in [-0.2, -0.15) is 4.68 Å². The number of benzene rings is 1. The summed E-state index contributed by atoms with van der Waals surface area (Å²) in [6, 6.07) is 5.64. The summed E-state index contributed by atoms with van der Waals surface area (Å²) < 4.78 is 45.5. The number of aryl methyl sites for hydroxylation is 1. The summed E-state index contributed by atoms with van der Waals surface area (Å²) in [5.74, 6) is -0.806. The third-order valence-electron chi connectivity index (χ3n) is 4.64. The SMILES string of the molecule is C[C@@H](CS(=O)(=O)CCn1ccc([N+](=O)[O-])n1)c1ccc(F)c(OCC2CC2)c1. The van der Waals surface area contributed by atoms with E-state index in [1.807, 2.05) is 0 Å². The van der Waals surface area contributed by atoms with Crippen molar-refractivity contribution in [3.63, 3.8) is 0 Å². The monoisotopic (exact) mass is 411 g/mol. The number of aromatic nitrogens is 2. The van der Waals surface area contributed by atoms with Crippen molar-refractivity contribution in [1.29, 1.82) is 0 Å². The van der Waals surface area contributed by atoms with Crippen LogP contribution in [0.15, 0.2) is 30.5 Å². The average Bonchev–Trinajstić information content (AvgIpc) is 3.33. The van der Waals surface area contributed by atoms with Crippen molar-refractivity contribution in [2.75, 3.05) is 18.1 Å². The van der Waals surface area contributed by atoms with E-state index < -0.39 is 20.6 Å². The number of sulfone groups is 1. The number of rotatable bonds is 10. The van der Waals surface area contributed by atoms with Crippen LogP contribution in [0, 0.1) is 21.8 Å². The average molecular weight is 411 g/mol. The molecule has 1 heterocycles. The largest absolute Gasteiger partial charge is 0.490 e. The smallest absolute Gasteiger partial charge is 0.389 e. The zero-order valence-electron chi connectivity index (χ0n) is 15.5. The van der Waals surface area contributed by atoms with Crippen molar-refractivity contribution >= 4 is 15.7 Å². The molecule has 0 spiro atoms. The van der Waals surface area contributed by atoms with Crippen LogP contribution in [-0.4, -0.2) is 41.2 Å². The Hall–Kier alpha value is -2.49. The summed E-state index contributed by atoms with van der Waals surface area (Å²) in [6.45, 7) is 2.26. The highest BCUT2D eigenvalue weighted by atomic mass is 32.2. The van der Waals surface area contributed by atoms with Gasteiger partial charge in [-0.3, -0.25) is 0 Å². The molecule has 1 atom stereocenters. The highest BCUT2D eigenvalue weighted by molar-refractivity contribution is 7.91. The molecule has 8 nitrogen and oxygen atoms in total. The minimum Gasteiger partial charge on any atom is -0.490 e. The van der Waals surface area contributed by atoms with Crippen molar-refractivity contribution in [1.82, 2.24) is 9.78 Å². The molecule has 2 aromatic rings. The van der Waals surface area contributed by atoms with Crippen LogP contribution in [0.3, 0.4) is 0 Å². The maximum absolute atomic E-state index is 13.9. The molecule has 1 aromatic carbocycles. The number of halogens is 1. The van der Waals surface area contributed by atoms with E-state index in [2.05, 4.69) is 5.10 Å². The van der Waals surface area contributed by atoms with Gasteiger partial charge in [0.15, 0.2) is 21.4 Å². The molecule has 1 saturated carbocycles. The Balaban J connectivity index is 1.59. The van der Waals surface area contributed by atoms with Crippen LogP contribution in [0.25, 0.3) is 0 Å². The molecule has 10 heteroatoms. The van der Waals surface area contributed by atoms with Crippen LogP contribution in [0.5, 0.6) is 5.75 Å². The van der Waals surface area contributed by atoms with Crippen molar-refractivity contribution in [3.05, 3.63) is 52.0 Å². The number of hydrogen-bond acceptors (Lipinski definition) is 6. The first-order valence-corrected chi connectivity index (χ1v) is 10.9. The quantitative estimate of drug-likeness (QED) is 0.440. The number of nitro groups is 1. The second kappa shape index (κ2) is 8.26. The predicted octanol–water partition coefficient (Wildman–Crippen LogP) is 2.94. The fourth-order valence-corrected chi connectivity index (χ4v) is 4.38. The summed E-state index contributed by atoms with van der Waals surface area (Å²) in [5, 5.41) is 14.3. The zero-order chi connectivity index (χ0) is 20.3. The molecule has 0 N–H and O–H groups in total. The molecule has 152 valence electrons. The summed E-state index contributed by atoms with van der Waals surface area (Å²) in [4.78, 5) is 10.00. The van der Waals surface area contributed by atoms with E-state index >= 15 is 0 Å². The van der Waals surface area contributed by atoms with E-state index in [4.69, 9.17) is 4.74 Å². The van der Waals surface area contributed by atoms with Crippen LogP contribution in [-0.2, 0) is 16.4 Å². The summed E-state index contributed by atoms with van der Waals surface area (Å²) in [5.41, 5.74) is 0.686. The van der Waals surface area contributed by atoms with Crippen molar-refractivity contribution < 1.29 is 22.5 Å². The summed E-state index contributed by atoms with van der Waals surface area (Å²) >= 11 is 0. The van der Waals surface area contributed by atoms with E-state index in [-0.39, 0.29) is 35.5 Å². The summed E-state index contributed by atoms with van der Waals surface area (Å²) in [6.07, 6.45) is 3.56. The Morgan fingerprint density at radius 1 is 1.39 bits per heavy atom. The third kappa shape index (κ3) is 5.51.